The maximum Gasteiger partial charge on any atom is 0.261 e. The summed E-state index contributed by atoms with van der Waals surface area (Å²) in [5.74, 6) is -0.594. The maximum atomic E-state index is 12.6. The van der Waals surface area contributed by atoms with Crippen molar-refractivity contribution in [1.29, 1.82) is 0 Å². The predicted molar refractivity (Wildman–Crippen MR) is 141 cm³/mol. The molecule has 0 atom stereocenters. The number of carbonyl (C=O) groups excluding carboxylic acids is 3. The molecule has 0 saturated heterocycles. The van der Waals surface area contributed by atoms with Crippen molar-refractivity contribution in [3.63, 3.8) is 0 Å². The molecule has 2 heterocycles. The van der Waals surface area contributed by atoms with E-state index in [2.05, 4.69) is 55.5 Å². The summed E-state index contributed by atoms with van der Waals surface area (Å²) in [5.41, 5.74) is 2.49. The predicted octanol–water partition coefficient (Wildman–Crippen LogP) is 5.53. The third kappa shape index (κ3) is 4.74. The fourth-order valence-electron chi connectivity index (χ4n) is 3.55. The van der Waals surface area contributed by atoms with Crippen molar-refractivity contribution in [2.24, 2.45) is 0 Å². The highest BCUT2D eigenvalue weighted by molar-refractivity contribution is 14.1. The summed E-state index contributed by atoms with van der Waals surface area (Å²) in [6.07, 6.45) is 2.31. The van der Waals surface area contributed by atoms with Gasteiger partial charge in [-0.2, -0.15) is 0 Å². The monoisotopic (exact) mass is 671 g/mol. The Morgan fingerprint density at radius 1 is 1.03 bits per heavy atom. The minimum Gasteiger partial charge on any atom is -0.298 e. The second-order valence-electron chi connectivity index (χ2n) is 7.35. The zero-order valence-electron chi connectivity index (χ0n) is 17.2. The number of imide groups is 1. The number of anilines is 1. The zero-order chi connectivity index (χ0) is 22.8. The summed E-state index contributed by atoms with van der Waals surface area (Å²) in [5, 5.41) is 3.49. The maximum absolute atomic E-state index is 12.6. The van der Waals surface area contributed by atoms with Crippen LogP contribution in [0.5, 0.6) is 0 Å². The van der Waals surface area contributed by atoms with Crippen LogP contribution < -0.4 is 5.32 Å². The summed E-state index contributed by atoms with van der Waals surface area (Å²) in [7, 11) is 0. The molecule has 32 heavy (non-hydrogen) atoms. The lowest BCUT2D eigenvalue weighted by molar-refractivity contribution is 0.0651. The molecular formula is C23H19I2N3O3S. The molecule has 4 rings (SSSR count). The number of benzene rings is 2. The van der Waals surface area contributed by atoms with E-state index in [1.807, 2.05) is 19.1 Å². The van der Waals surface area contributed by atoms with Gasteiger partial charge in [-0.25, -0.2) is 4.98 Å². The van der Waals surface area contributed by atoms with Crippen molar-refractivity contribution in [1.82, 2.24) is 9.88 Å². The van der Waals surface area contributed by atoms with Crippen molar-refractivity contribution in [3.05, 3.63) is 76.9 Å². The number of hydrogen-bond acceptors (Lipinski definition) is 5. The summed E-state index contributed by atoms with van der Waals surface area (Å²) in [4.78, 5) is 44.5. The van der Waals surface area contributed by atoms with Gasteiger partial charge in [0.05, 0.1) is 22.4 Å². The number of hydrogen-bond donors (Lipinski definition) is 1. The van der Waals surface area contributed by atoms with Crippen LogP contribution in [-0.4, -0.2) is 34.2 Å². The first-order chi connectivity index (χ1) is 15.4. The number of nitrogens with one attached hydrogen (secondary N) is 1. The number of carbonyl (C=O) groups is 3. The number of amides is 3. The van der Waals surface area contributed by atoms with Crippen LogP contribution in [-0.2, 0) is 6.42 Å². The topological polar surface area (TPSA) is 79.4 Å². The third-order valence-corrected chi connectivity index (χ3v) is 9.45. The van der Waals surface area contributed by atoms with Gasteiger partial charge in [0, 0.05) is 18.6 Å². The molecule has 1 N–H and O–H groups in total. The Kier molecular flexibility index (Phi) is 7.25. The Bertz CT molecular complexity index is 1190. The molecule has 3 aromatic rings. The number of fused-ring (bicyclic) bond motifs is 1. The van der Waals surface area contributed by atoms with E-state index in [0.717, 1.165) is 30.6 Å². The fraction of sp³-hybridized carbons (Fsp3) is 0.217. The van der Waals surface area contributed by atoms with Crippen LogP contribution >= 0.6 is 56.5 Å². The first-order valence-corrected chi connectivity index (χ1v) is 13.0. The van der Waals surface area contributed by atoms with E-state index in [1.165, 1.54) is 16.2 Å². The fourth-order valence-corrected chi connectivity index (χ4v) is 5.66. The number of thiazole rings is 1. The molecule has 164 valence electrons. The first-order valence-electron chi connectivity index (χ1n) is 10.0. The van der Waals surface area contributed by atoms with Gasteiger partial charge < -0.3 is 0 Å². The Morgan fingerprint density at radius 3 is 2.41 bits per heavy atom. The number of halogens is 2. The van der Waals surface area contributed by atoms with E-state index >= 15 is 0 Å². The van der Waals surface area contributed by atoms with Crippen molar-refractivity contribution in [2.75, 3.05) is 11.9 Å². The van der Waals surface area contributed by atoms with Gasteiger partial charge in [0.25, 0.3) is 17.7 Å². The molecule has 9 heteroatoms. The quantitative estimate of drug-likeness (QED) is 0.204. The van der Waals surface area contributed by atoms with Crippen LogP contribution in [0.3, 0.4) is 0 Å². The molecule has 0 aliphatic carbocycles. The highest BCUT2D eigenvalue weighted by atomic mass is 127. The lowest BCUT2D eigenvalue weighted by Crippen LogP contribution is -2.30. The molecule has 0 bridgehead atoms. The van der Waals surface area contributed by atoms with Crippen molar-refractivity contribution >= 4 is 79.4 Å². The van der Waals surface area contributed by atoms with E-state index in [4.69, 9.17) is 0 Å². The van der Waals surface area contributed by atoms with E-state index in [1.54, 1.807) is 30.3 Å². The second-order valence-corrected chi connectivity index (χ2v) is 10.7. The molecule has 1 aliphatic heterocycles. The van der Waals surface area contributed by atoms with Gasteiger partial charge >= 0.3 is 0 Å². The van der Waals surface area contributed by atoms with Crippen molar-refractivity contribution in [2.45, 2.75) is 26.2 Å². The number of nitrogens with zero attached hydrogens (tertiary/aromatic N) is 2. The summed E-state index contributed by atoms with van der Waals surface area (Å²) >= 11 is 5.86. The average molecular weight is 671 g/mol. The van der Waals surface area contributed by atoms with E-state index in [-0.39, 0.29) is 17.7 Å². The summed E-state index contributed by atoms with van der Waals surface area (Å²) < 4.78 is 1.95. The van der Waals surface area contributed by atoms with Gasteiger partial charge in [-0.15, -0.1) is 11.3 Å². The average Bonchev–Trinajstić information content (AvgIpc) is 3.24. The zero-order valence-corrected chi connectivity index (χ0v) is 22.3. The summed E-state index contributed by atoms with van der Waals surface area (Å²) in [6.45, 7) is 2.33. The molecule has 0 saturated carbocycles. The van der Waals surface area contributed by atoms with Gasteiger partial charge in [0.1, 0.15) is 0 Å². The number of unbranched alkanes of at least 4 members (excludes halogenated alkanes) is 1. The van der Waals surface area contributed by atoms with Gasteiger partial charge in [0.2, 0.25) is 0 Å². The SMILES string of the molecule is Cc1nc(NC(=O)c2cccc(I)c2I)sc1CCCCN1C(=O)c2ccccc2C1=O. The Balaban J connectivity index is 1.32. The van der Waals surface area contributed by atoms with E-state index in [0.29, 0.717) is 34.8 Å². The molecule has 1 aliphatic rings. The van der Waals surface area contributed by atoms with Crippen LogP contribution in [0.15, 0.2) is 42.5 Å². The summed E-state index contributed by atoms with van der Waals surface area (Å²) in [6, 6.07) is 12.6. The minimum absolute atomic E-state index is 0.168. The van der Waals surface area contributed by atoms with Crippen LogP contribution in [0.1, 0.15) is 54.5 Å². The number of aryl methyl sites for hydroxylation is 2. The molecule has 0 radical (unpaired) electrons. The molecule has 0 fully saturated rings. The molecule has 1 aromatic heterocycles. The molecule has 3 amide bonds. The normalized spacial score (nSPS) is 12.9. The van der Waals surface area contributed by atoms with Gasteiger partial charge in [0.15, 0.2) is 5.13 Å². The molecule has 6 nitrogen and oxygen atoms in total. The van der Waals surface area contributed by atoms with E-state index in [9.17, 15) is 14.4 Å². The first kappa shape index (κ1) is 23.3. The molecule has 0 unspecified atom stereocenters. The van der Waals surface area contributed by atoms with E-state index < -0.39 is 0 Å². The Morgan fingerprint density at radius 2 is 1.72 bits per heavy atom. The minimum atomic E-state index is -0.213. The van der Waals surface area contributed by atoms with Gasteiger partial charge in [-0.05, 0) is 95.6 Å². The smallest absolute Gasteiger partial charge is 0.261 e. The van der Waals surface area contributed by atoms with Crippen LogP contribution in [0.4, 0.5) is 5.13 Å². The highest BCUT2D eigenvalue weighted by Gasteiger charge is 2.34. The largest absolute Gasteiger partial charge is 0.298 e. The lowest BCUT2D eigenvalue weighted by Gasteiger charge is -2.13. The molecular weight excluding hydrogens is 652 g/mol. The third-order valence-electron chi connectivity index (χ3n) is 5.22. The van der Waals surface area contributed by atoms with Crippen molar-refractivity contribution < 1.29 is 14.4 Å². The van der Waals surface area contributed by atoms with Gasteiger partial charge in [-0.3, -0.25) is 24.6 Å². The lowest BCUT2D eigenvalue weighted by atomic mass is 10.1. The highest BCUT2D eigenvalue weighted by Crippen LogP contribution is 2.27. The number of aromatic nitrogens is 1. The number of rotatable bonds is 7. The van der Waals surface area contributed by atoms with Crippen molar-refractivity contribution in [3.8, 4) is 0 Å². The molecule has 2 aromatic carbocycles. The van der Waals surface area contributed by atoms with Gasteiger partial charge in [-0.1, -0.05) is 18.2 Å². The Labute approximate surface area is 217 Å². The standard InChI is InChI=1S/C23H19I2N3O3S/c1-13-18(32-23(26-13)27-20(29)16-9-6-10-17(24)19(16)25)11-4-5-12-28-21(30)14-7-2-3-8-15(14)22(28)31/h2-3,6-10H,4-5,11-12H2,1H3,(H,26,27,29). The Hall–Kier alpha value is -1.86. The van der Waals surface area contributed by atoms with Crippen LogP contribution in [0, 0.1) is 14.1 Å². The van der Waals surface area contributed by atoms with Crippen LogP contribution in [0.2, 0.25) is 0 Å². The second kappa shape index (κ2) is 9.96. The van der Waals surface area contributed by atoms with Crippen LogP contribution in [0.25, 0.3) is 0 Å². The molecule has 0 spiro atoms.